The number of ether oxygens (including phenoxy) is 1. The van der Waals surface area contributed by atoms with Crippen LogP contribution in [-0.4, -0.2) is 0 Å². The average Bonchev–Trinajstić information content (AvgIpc) is 2.34. The van der Waals surface area contributed by atoms with Gasteiger partial charge in [-0.25, -0.2) is 0 Å². The highest BCUT2D eigenvalue weighted by atomic mass is 35.5. The van der Waals surface area contributed by atoms with Crippen LogP contribution < -0.4 is 4.74 Å². The molecule has 18 heavy (non-hydrogen) atoms. The highest BCUT2D eigenvalue weighted by molar-refractivity contribution is 6.31. The van der Waals surface area contributed by atoms with Crippen molar-refractivity contribution in [3.8, 4) is 17.6 Å². The standard InChI is InChI=1S/C14H9Cl2NO/c1-9-6-11(15)2-4-13(9)18-14-5-3-12(16)7-10(14)8-17/h2-7H,1H3. The lowest BCUT2D eigenvalue weighted by Gasteiger charge is -2.10. The largest absolute Gasteiger partial charge is 0.456 e. The molecular weight excluding hydrogens is 269 g/mol. The fourth-order valence-corrected chi connectivity index (χ4v) is 1.92. The number of halogens is 2. The number of nitriles is 1. The Morgan fingerprint density at radius 3 is 2.22 bits per heavy atom. The van der Waals surface area contributed by atoms with Gasteiger partial charge in [-0.3, -0.25) is 0 Å². The van der Waals surface area contributed by atoms with Gasteiger partial charge in [-0.2, -0.15) is 5.26 Å². The van der Waals surface area contributed by atoms with Crippen LogP contribution in [0, 0.1) is 18.3 Å². The second kappa shape index (κ2) is 5.30. The molecule has 0 fully saturated rings. The molecule has 0 saturated heterocycles. The Balaban J connectivity index is 2.37. The average molecular weight is 278 g/mol. The molecule has 4 heteroatoms. The normalized spacial score (nSPS) is 9.89. The van der Waals surface area contributed by atoms with E-state index in [1.165, 1.54) is 0 Å². The van der Waals surface area contributed by atoms with E-state index in [0.717, 1.165) is 5.56 Å². The number of hydrogen-bond donors (Lipinski definition) is 0. The molecule has 0 heterocycles. The molecule has 2 rings (SSSR count). The summed E-state index contributed by atoms with van der Waals surface area (Å²) < 4.78 is 5.70. The topological polar surface area (TPSA) is 33.0 Å². The summed E-state index contributed by atoms with van der Waals surface area (Å²) in [6.45, 7) is 1.89. The zero-order valence-electron chi connectivity index (χ0n) is 9.58. The predicted octanol–water partition coefficient (Wildman–Crippen LogP) is 4.97. The van der Waals surface area contributed by atoms with Gasteiger partial charge in [0.25, 0.3) is 0 Å². The molecule has 0 atom stereocenters. The molecule has 0 saturated carbocycles. The van der Waals surface area contributed by atoms with Crippen molar-refractivity contribution < 1.29 is 4.74 Å². The Kier molecular flexibility index (Phi) is 3.76. The molecule has 2 aromatic rings. The summed E-state index contributed by atoms with van der Waals surface area (Å²) in [4.78, 5) is 0. The van der Waals surface area contributed by atoms with Gasteiger partial charge in [0.05, 0.1) is 5.56 Å². The van der Waals surface area contributed by atoms with Gasteiger partial charge in [0.1, 0.15) is 17.6 Å². The van der Waals surface area contributed by atoms with Crippen molar-refractivity contribution in [1.82, 2.24) is 0 Å². The van der Waals surface area contributed by atoms with E-state index in [4.69, 9.17) is 33.2 Å². The molecule has 2 nitrogen and oxygen atoms in total. The number of benzene rings is 2. The van der Waals surface area contributed by atoms with Crippen LogP contribution in [0.3, 0.4) is 0 Å². The quantitative estimate of drug-likeness (QED) is 0.777. The summed E-state index contributed by atoms with van der Waals surface area (Å²) in [5, 5.41) is 10.2. The van der Waals surface area contributed by atoms with Gasteiger partial charge in [-0.15, -0.1) is 0 Å². The van der Waals surface area contributed by atoms with E-state index in [2.05, 4.69) is 6.07 Å². The lowest BCUT2D eigenvalue weighted by Crippen LogP contribution is -1.90. The summed E-state index contributed by atoms with van der Waals surface area (Å²) in [6.07, 6.45) is 0. The summed E-state index contributed by atoms with van der Waals surface area (Å²) in [7, 11) is 0. The lowest BCUT2D eigenvalue weighted by atomic mass is 10.2. The third-order valence-corrected chi connectivity index (χ3v) is 2.89. The molecule has 2 aromatic carbocycles. The van der Waals surface area contributed by atoms with Crippen LogP contribution >= 0.6 is 23.2 Å². The highest BCUT2D eigenvalue weighted by Gasteiger charge is 2.07. The van der Waals surface area contributed by atoms with Crippen LogP contribution in [0.25, 0.3) is 0 Å². The first-order chi connectivity index (χ1) is 8.60. The van der Waals surface area contributed by atoms with Crippen LogP contribution in [0.2, 0.25) is 10.0 Å². The van der Waals surface area contributed by atoms with Gasteiger partial charge in [-0.1, -0.05) is 23.2 Å². The molecule has 0 spiro atoms. The molecule has 0 N–H and O–H groups in total. The van der Waals surface area contributed by atoms with E-state index in [-0.39, 0.29) is 0 Å². The fraction of sp³-hybridized carbons (Fsp3) is 0.0714. The lowest BCUT2D eigenvalue weighted by molar-refractivity contribution is 0.477. The Labute approximate surface area is 115 Å². The molecule has 0 aliphatic carbocycles. The summed E-state index contributed by atoms with van der Waals surface area (Å²) in [5.74, 6) is 1.14. The minimum atomic E-state index is 0.400. The monoisotopic (exact) mass is 277 g/mol. The van der Waals surface area contributed by atoms with E-state index < -0.39 is 0 Å². The number of rotatable bonds is 2. The van der Waals surface area contributed by atoms with Crippen molar-refractivity contribution in [1.29, 1.82) is 5.26 Å². The number of nitrogens with zero attached hydrogens (tertiary/aromatic N) is 1. The maximum atomic E-state index is 9.02. The summed E-state index contributed by atoms with van der Waals surface area (Å²) in [5.41, 5.74) is 1.30. The van der Waals surface area contributed by atoms with Crippen molar-refractivity contribution in [2.75, 3.05) is 0 Å². The third kappa shape index (κ3) is 2.76. The van der Waals surface area contributed by atoms with E-state index in [1.807, 2.05) is 6.92 Å². The second-order valence-corrected chi connectivity index (χ2v) is 4.64. The number of hydrogen-bond acceptors (Lipinski definition) is 2. The van der Waals surface area contributed by atoms with E-state index >= 15 is 0 Å². The predicted molar refractivity (Wildman–Crippen MR) is 72.4 cm³/mol. The molecule has 0 aliphatic heterocycles. The van der Waals surface area contributed by atoms with Crippen LogP contribution in [0.5, 0.6) is 11.5 Å². The van der Waals surface area contributed by atoms with Crippen molar-refractivity contribution in [2.45, 2.75) is 6.92 Å². The van der Waals surface area contributed by atoms with Crippen molar-refractivity contribution in [3.05, 3.63) is 57.6 Å². The van der Waals surface area contributed by atoms with Crippen LogP contribution in [-0.2, 0) is 0 Å². The molecule has 0 unspecified atom stereocenters. The van der Waals surface area contributed by atoms with Gasteiger partial charge in [0.15, 0.2) is 0 Å². The fourth-order valence-electron chi connectivity index (χ4n) is 1.52. The summed E-state index contributed by atoms with van der Waals surface area (Å²) in [6, 6.07) is 12.3. The van der Waals surface area contributed by atoms with Crippen molar-refractivity contribution in [2.24, 2.45) is 0 Å². The molecule has 0 aromatic heterocycles. The molecular formula is C14H9Cl2NO. The maximum absolute atomic E-state index is 9.02. The van der Waals surface area contributed by atoms with Gasteiger partial charge >= 0.3 is 0 Å². The molecule has 0 bridgehead atoms. The minimum Gasteiger partial charge on any atom is -0.456 e. The molecule has 0 aliphatic rings. The first-order valence-electron chi connectivity index (χ1n) is 5.24. The third-order valence-electron chi connectivity index (χ3n) is 2.42. The number of aryl methyl sites for hydroxylation is 1. The van der Waals surface area contributed by atoms with Crippen LogP contribution in [0.4, 0.5) is 0 Å². The first-order valence-corrected chi connectivity index (χ1v) is 5.99. The maximum Gasteiger partial charge on any atom is 0.145 e. The summed E-state index contributed by atoms with van der Waals surface area (Å²) >= 11 is 11.7. The van der Waals surface area contributed by atoms with E-state index in [0.29, 0.717) is 27.1 Å². The zero-order valence-corrected chi connectivity index (χ0v) is 11.1. The molecule has 0 radical (unpaired) electrons. The van der Waals surface area contributed by atoms with Gasteiger partial charge in [0, 0.05) is 10.0 Å². The SMILES string of the molecule is Cc1cc(Cl)ccc1Oc1ccc(Cl)cc1C#N. The van der Waals surface area contributed by atoms with Crippen LogP contribution in [0.1, 0.15) is 11.1 Å². The Morgan fingerprint density at radius 1 is 1.00 bits per heavy atom. The Morgan fingerprint density at radius 2 is 1.61 bits per heavy atom. The minimum absolute atomic E-state index is 0.400. The first kappa shape index (κ1) is 12.8. The smallest absolute Gasteiger partial charge is 0.145 e. The van der Waals surface area contributed by atoms with Crippen LogP contribution in [0.15, 0.2) is 36.4 Å². The molecule has 90 valence electrons. The Bertz CT molecular complexity index is 632. The van der Waals surface area contributed by atoms with Crippen molar-refractivity contribution in [3.63, 3.8) is 0 Å². The zero-order chi connectivity index (χ0) is 13.1. The highest BCUT2D eigenvalue weighted by Crippen LogP contribution is 2.30. The van der Waals surface area contributed by atoms with Gasteiger partial charge in [-0.05, 0) is 48.9 Å². The second-order valence-electron chi connectivity index (χ2n) is 3.76. The Hall–Kier alpha value is -1.69. The van der Waals surface area contributed by atoms with Gasteiger partial charge < -0.3 is 4.74 Å². The van der Waals surface area contributed by atoms with E-state index in [1.54, 1.807) is 36.4 Å². The van der Waals surface area contributed by atoms with E-state index in [9.17, 15) is 0 Å². The molecule has 0 amide bonds. The van der Waals surface area contributed by atoms with Gasteiger partial charge in [0.2, 0.25) is 0 Å². The van der Waals surface area contributed by atoms with Crippen molar-refractivity contribution >= 4 is 23.2 Å².